The SMILES string of the molecule is COc1cccc(C(=O)NCCC(=O)O)c1OC. The Bertz CT molecular complexity index is 444. The summed E-state index contributed by atoms with van der Waals surface area (Å²) in [7, 11) is 2.91. The third-order valence-electron chi connectivity index (χ3n) is 2.27. The third kappa shape index (κ3) is 3.38. The van der Waals surface area contributed by atoms with E-state index in [1.54, 1.807) is 18.2 Å². The largest absolute Gasteiger partial charge is 0.493 e. The van der Waals surface area contributed by atoms with Gasteiger partial charge in [0, 0.05) is 6.54 Å². The molecule has 1 amide bonds. The molecule has 1 aromatic rings. The Labute approximate surface area is 105 Å². The number of amides is 1. The van der Waals surface area contributed by atoms with Crippen molar-refractivity contribution in [1.29, 1.82) is 0 Å². The number of ether oxygens (including phenoxy) is 2. The van der Waals surface area contributed by atoms with E-state index in [1.807, 2.05) is 0 Å². The summed E-state index contributed by atoms with van der Waals surface area (Å²) < 4.78 is 10.2. The fraction of sp³-hybridized carbons (Fsp3) is 0.333. The zero-order valence-corrected chi connectivity index (χ0v) is 10.2. The summed E-state index contributed by atoms with van der Waals surface area (Å²) in [5, 5.41) is 11.0. The first-order chi connectivity index (χ1) is 8.60. The first kappa shape index (κ1) is 13.8. The van der Waals surface area contributed by atoms with Crippen molar-refractivity contribution in [2.45, 2.75) is 6.42 Å². The summed E-state index contributed by atoms with van der Waals surface area (Å²) in [5.41, 5.74) is 0.308. The van der Waals surface area contributed by atoms with Crippen LogP contribution >= 0.6 is 0 Å². The van der Waals surface area contributed by atoms with Crippen LogP contribution in [0.3, 0.4) is 0 Å². The fourth-order valence-corrected chi connectivity index (χ4v) is 1.44. The molecule has 2 N–H and O–H groups in total. The van der Waals surface area contributed by atoms with Gasteiger partial charge in [-0.1, -0.05) is 6.07 Å². The monoisotopic (exact) mass is 253 g/mol. The highest BCUT2D eigenvalue weighted by atomic mass is 16.5. The molecule has 1 rings (SSSR count). The number of aliphatic carboxylic acids is 1. The topological polar surface area (TPSA) is 84.9 Å². The van der Waals surface area contributed by atoms with Crippen molar-refractivity contribution in [1.82, 2.24) is 5.32 Å². The highest BCUT2D eigenvalue weighted by Gasteiger charge is 2.15. The summed E-state index contributed by atoms with van der Waals surface area (Å²) in [6, 6.07) is 4.91. The minimum atomic E-state index is -0.965. The van der Waals surface area contributed by atoms with Gasteiger partial charge in [0.05, 0.1) is 26.2 Å². The number of methoxy groups -OCH3 is 2. The van der Waals surface area contributed by atoms with Gasteiger partial charge in [-0.2, -0.15) is 0 Å². The van der Waals surface area contributed by atoms with Crippen LogP contribution in [0, 0.1) is 0 Å². The van der Waals surface area contributed by atoms with E-state index in [2.05, 4.69) is 5.32 Å². The number of carboxylic acid groups (broad SMARTS) is 1. The van der Waals surface area contributed by atoms with Gasteiger partial charge in [-0.25, -0.2) is 0 Å². The molecular weight excluding hydrogens is 238 g/mol. The van der Waals surface area contributed by atoms with Gasteiger partial charge in [0.1, 0.15) is 0 Å². The molecule has 6 heteroatoms. The molecule has 0 aromatic heterocycles. The van der Waals surface area contributed by atoms with Crippen molar-refractivity contribution in [2.75, 3.05) is 20.8 Å². The van der Waals surface area contributed by atoms with E-state index in [0.29, 0.717) is 17.1 Å². The molecule has 0 radical (unpaired) electrons. The molecule has 0 saturated carbocycles. The normalized spacial score (nSPS) is 9.67. The van der Waals surface area contributed by atoms with E-state index in [9.17, 15) is 9.59 Å². The lowest BCUT2D eigenvalue weighted by Gasteiger charge is -2.12. The standard InChI is InChI=1S/C12H15NO5/c1-17-9-5-3-4-8(11(9)18-2)12(16)13-7-6-10(14)15/h3-5H,6-7H2,1-2H3,(H,13,16)(H,14,15). The number of rotatable bonds is 6. The predicted molar refractivity (Wildman–Crippen MR) is 64.1 cm³/mol. The maximum atomic E-state index is 11.8. The Balaban J connectivity index is 2.81. The second kappa shape index (κ2) is 6.48. The third-order valence-corrected chi connectivity index (χ3v) is 2.27. The first-order valence-electron chi connectivity index (χ1n) is 5.31. The van der Waals surface area contributed by atoms with E-state index in [1.165, 1.54) is 14.2 Å². The quantitative estimate of drug-likeness (QED) is 0.787. The first-order valence-corrected chi connectivity index (χ1v) is 5.31. The van der Waals surface area contributed by atoms with Gasteiger partial charge in [-0.3, -0.25) is 9.59 Å². The molecule has 6 nitrogen and oxygen atoms in total. The van der Waals surface area contributed by atoms with Crippen molar-refractivity contribution in [2.24, 2.45) is 0 Å². The zero-order chi connectivity index (χ0) is 13.5. The minimum Gasteiger partial charge on any atom is -0.493 e. The number of hydrogen-bond acceptors (Lipinski definition) is 4. The van der Waals surface area contributed by atoms with Crippen LogP contribution in [0.1, 0.15) is 16.8 Å². The molecule has 0 fully saturated rings. The number of nitrogens with one attached hydrogen (secondary N) is 1. The molecule has 0 saturated heterocycles. The number of carboxylic acids is 1. The van der Waals surface area contributed by atoms with Crippen molar-refractivity contribution in [3.05, 3.63) is 23.8 Å². The van der Waals surface area contributed by atoms with Crippen LogP contribution in [-0.4, -0.2) is 37.7 Å². The predicted octanol–water partition coefficient (Wildman–Crippen LogP) is 0.908. The molecule has 98 valence electrons. The van der Waals surface area contributed by atoms with Gasteiger partial charge in [0.15, 0.2) is 11.5 Å². The van der Waals surface area contributed by atoms with E-state index in [-0.39, 0.29) is 13.0 Å². The van der Waals surface area contributed by atoms with Crippen molar-refractivity contribution < 1.29 is 24.2 Å². The lowest BCUT2D eigenvalue weighted by molar-refractivity contribution is -0.136. The van der Waals surface area contributed by atoms with Crippen molar-refractivity contribution in [3.8, 4) is 11.5 Å². The Kier molecular flexibility index (Phi) is 4.98. The average molecular weight is 253 g/mol. The molecule has 1 aromatic carbocycles. The molecule has 0 bridgehead atoms. The van der Waals surface area contributed by atoms with E-state index in [4.69, 9.17) is 14.6 Å². The Morgan fingerprint density at radius 3 is 2.56 bits per heavy atom. The summed E-state index contributed by atoms with van der Waals surface area (Å²) in [4.78, 5) is 22.2. The number of para-hydroxylation sites is 1. The lowest BCUT2D eigenvalue weighted by atomic mass is 10.1. The number of hydrogen-bond donors (Lipinski definition) is 2. The van der Waals surface area contributed by atoms with Crippen LogP contribution in [0.25, 0.3) is 0 Å². The van der Waals surface area contributed by atoms with E-state index in [0.717, 1.165) is 0 Å². The molecular formula is C12H15NO5. The van der Waals surface area contributed by atoms with Crippen molar-refractivity contribution in [3.63, 3.8) is 0 Å². The zero-order valence-electron chi connectivity index (χ0n) is 10.2. The van der Waals surface area contributed by atoms with Crippen molar-refractivity contribution >= 4 is 11.9 Å². The Hall–Kier alpha value is -2.24. The van der Waals surface area contributed by atoms with Crippen LogP contribution in [0.4, 0.5) is 0 Å². The summed E-state index contributed by atoms with van der Waals surface area (Å²) >= 11 is 0. The Morgan fingerprint density at radius 1 is 1.28 bits per heavy atom. The number of carbonyl (C=O) groups excluding carboxylic acids is 1. The van der Waals surface area contributed by atoms with E-state index >= 15 is 0 Å². The second-order valence-corrected chi connectivity index (χ2v) is 3.44. The fourth-order valence-electron chi connectivity index (χ4n) is 1.44. The molecule has 0 unspecified atom stereocenters. The lowest BCUT2D eigenvalue weighted by Crippen LogP contribution is -2.26. The average Bonchev–Trinajstić information content (AvgIpc) is 2.36. The molecule has 0 aliphatic rings. The maximum absolute atomic E-state index is 11.8. The van der Waals surface area contributed by atoms with Gasteiger partial charge in [0.2, 0.25) is 0 Å². The van der Waals surface area contributed by atoms with Crippen LogP contribution in [-0.2, 0) is 4.79 Å². The molecule has 0 atom stereocenters. The van der Waals surface area contributed by atoms with Gasteiger partial charge in [-0.05, 0) is 12.1 Å². The van der Waals surface area contributed by atoms with Crippen LogP contribution < -0.4 is 14.8 Å². The highest BCUT2D eigenvalue weighted by molar-refractivity contribution is 5.97. The van der Waals surface area contributed by atoms with Gasteiger partial charge in [-0.15, -0.1) is 0 Å². The maximum Gasteiger partial charge on any atom is 0.305 e. The second-order valence-electron chi connectivity index (χ2n) is 3.44. The molecule has 0 spiro atoms. The summed E-state index contributed by atoms with van der Waals surface area (Å²) in [6.45, 7) is 0.0640. The van der Waals surface area contributed by atoms with E-state index < -0.39 is 11.9 Å². The molecule has 18 heavy (non-hydrogen) atoms. The van der Waals surface area contributed by atoms with Gasteiger partial charge < -0.3 is 19.9 Å². The smallest absolute Gasteiger partial charge is 0.305 e. The Morgan fingerprint density at radius 2 is 2.00 bits per heavy atom. The number of benzene rings is 1. The molecule has 0 aliphatic heterocycles. The number of carbonyl (C=O) groups is 2. The molecule has 0 heterocycles. The van der Waals surface area contributed by atoms with Crippen LogP contribution in [0.2, 0.25) is 0 Å². The summed E-state index contributed by atoms with van der Waals surface area (Å²) in [5.74, 6) is -0.587. The van der Waals surface area contributed by atoms with Gasteiger partial charge >= 0.3 is 5.97 Å². The highest BCUT2D eigenvalue weighted by Crippen LogP contribution is 2.30. The van der Waals surface area contributed by atoms with Gasteiger partial charge in [0.25, 0.3) is 5.91 Å². The minimum absolute atomic E-state index is 0.0640. The summed E-state index contributed by atoms with van der Waals surface area (Å²) in [6.07, 6.45) is -0.127. The van der Waals surface area contributed by atoms with Crippen LogP contribution in [0.15, 0.2) is 18.2 Å². The van der Waals surface area contributed by atoms with Crippen LogP contribution in [0.5, 0.6) is 11.5 Å². The molecule has 0 aliphatic carbocycles.